The first kappa shape index (κ1) is 16.0. The van der Waals surface area contributed by atoms with Crippen LogP contribution in [0.1, 0.15) is 5.56 Å². The molecular weight excluding hydrogens is 338 g/mol. The lowest BCUT2D eigenvalue weighted by Gasteiger charge is -2.10. The molecule has 3 heterocycles. The van der Waals surface area contributed by atoms with Crippen LogP contribution in [-0.4, -0.2) is 19.5 Å². The Morgan fingerprint density at radius 3 is 2.46 bits per heavy atom. The van der Waals surface area contributed by atoms with Crippen molar-refractivity contribution in [1.82, 2.24) is 19.5 Å². The van der Waals surface area contributed by atoms with Gasteiger partial charge in [0, 0.05) is 29.7 Å². The summed E-state index contributed by atoms with van der Waals surface area (Å²) in [6, 6.07) is 9.05. The summed E-state index contributed by atoms with van der Waals surface area (Å²) in [5, 5.41) is 0.294. The minimum Gasteiger partial charge on any atom is -0.294 e. The summed E-state index contributed by atoms with van der Waals surface area (Å²) >= 11 is 0. The molecule has 3 aromatic heterocycles. The molecule has 0 aliphatic carbocycles. The van der Waals surface area contributed by atoms with Crippen LogP contribution in [0.4, 0.5) is 8.78 Å². The lowest BCUT2D eigenvalue weighted by Crippen LogP contribution is -2.22. The predicted octanol–water partition coefficient (Wildman–Crippen LogP) is 3.18. The van der Waals surface area contributed by atoms with Crippen molar-refractivity contribution in [1.29, 1.82) is 0 Å². The third-order valence-electron chi connectivity index (χ3n) is 4.06. The monoisotopic (exact) mass is 350 g/mol. The smallest absolute Gasteiger partial charge is 0.263 e. The summed E-state index contributed by atoms with van der Waals surface area (Å²) < 4.78 is 30.2. The molecule has 0 radical (unpaired) electrons. The van der Waals surface area contributed by atoms with Gasteiger partial charge in [-0.1, -0.05) is 6.07 Å². The van der Waals surface area contributed by atoms with E-state index in [1.54, 1.807) is 30.5 Å². The Balaban J connectivity index is 1.76. The molecular formula is C19H12F2N4O. The van der Waals surface area contributed by atoms with Crippen LogP contribution >= 0.6 is 0 Å². The summed E-state index contributed by atoms with van der Waals surface area (Å²) in [7, 11) is 0. The fourth-order valence-corrected chi connectivity index (χ4v) is 2.74. The van der Waals surface area contributed by atoms with Gasteiger partial charge in [-0.3, -0.25) is 14.3 Å². The lowest BCUT2D eigenvalue weighted by molar-refractivity contribution is 0.541. The highest BCUT2D eigenvalue weighted by Gasteiger charge is 2.14. The molecule has 0 amide bonds. The van der Waals surface area contributed by atoms with E-state index in [2.05, 4.69) is 15.0 Å². The van der Waals surface area contributed by atoms with Gasteiger partial charge in [0.25, 0.3) is 5.56 Å². The number of halogens is 2. The Morgan fingerprint density at radius 2 is 1.73 bits per heavy atom. The van der Waals surface area contributed by atoms with E-state index >= 15 is 0 Å². The quantitative estimate of drug-likeness (QED) is 0.569. The first-order chi connectivity index (χ1) is 12.6. The maximum absolute atomic E-state index is 14.5. The van der Waals surface area contributed by atoms with Crippen molar-refractivity contribution >= 4 is 11.0 Å². The molecule has 4 rings (SSSR count). The van der Waals surface area contributed by atoms with E-state index in [9.17, 15) is 13.6 Å². The molecule has 26 heavy (non-hydrogen) atoms. The fraction of sp³-hybridized carbons (Fsp3) is 0.0526. The molecule has 0 saturated carbocycles. The molecule has 5 nitrogen and oxygen atoms in total. The highest BCUT2D eigenvalue weighted by atomic mass is 19.1. The number of aromatic nitrogens is 4. The van der Waals surface area contributed by atoms with Crippen molar-refractivity contribution < 1.29 is 8.78 Å². The zero-order valence-corrected chi connectivity index (χ0v) is 13.4. The standard InChI is InChI=1S/C19H12F2N4O/c20-16-7-13(12-3-1-5-22-9-12)8-17(21)15(16)10-25-11-24-18-14(19(25)26)4-2-6-23-18/h1-9,11H,10H2. The van der Waals surface area contributed by atoms with Crippen molar-refractivity contribution in [2.24, 2.45) is 0 Å². The van der Waals surface area contributed by atoms with Crippen LogP contribution in [0.2, 0.25) is 0 Å². The lowest BCUT2D eigenvalue weighted by atomic mass is 10.0. The molecule has 0 aliphatic rings. The molecule has 0 N–H and O–H groups in total. The van der Waals surface area contributed by atoms with Crippen LogP contribution in [-0.2, 0) is 6.54 Å². The Bertz CT molecular complexity index is 1140. The number of rotatable bonds is 3. The second-order valence-electron chi connectivity index (χ2n) is 5.71. The van der Waals surface area contributed by atoms with Gasteiger partial charge in [-0.05, 0) is 35.9 Å². The fourth-order valence-electron chi connectivity index (χ4n) is 2.74. The molecule has 0 saturated heterocycles. The maximum Gasteiger partial charge on any atom is 0.263 e. The Labute approximate surface area is 146 Å². The zero-order valence-electron chi connectivity index (χ0n) is 13.4. The van der Waals surface area contributed by atoms with Crippen LogP contribution in [0, 0.1) is 11.6 Å². The van der Waals surface area contributed by atoms with E-state index in [1.807, 2.05) is 0 Å². The minimum absolute atomic E-state index is 0.204. The van der Waals surface area contributed by atoms with Gasteiger partial charge in [-0.25, -0.2) is 18.7 Å². The van der Waals surface area contributed by atoms with E-state index in [4.69, 9.17) is 0 Å². The average molecular weight is 350 g/mol. The van der Waals surface area contributed by atoms with Gasteiger partial charge < -0.3 is 0 Å². The second-order valence-corrected chi connectivity index (χ2v) is 5.71. The highest BCUT2D eigenvalue weighted by molar-refractivity contribution is 5.72. The summed E-state index contributed by atoms with van der Waals surface area (Å²) in [5.74, 6) is -1.47. The van der Waals surface area contributed by atoms with Crippen molar-refractivity contribution in [3.8, 4) is 11.1 Å². The van der Waals surface area contributed by atoms with Crippen LogP contribution < -0.4 is 5.56 Å². The second kappa shape index (κ2) is 6.44. The summed E-state index contributed by atoms with van der Waals surface area (Å²) in [6.07, 6.45) is 5.87. The normalized spacial score (nSPS) is 11.0. The summed E-state index contributed by atoms with van der Waals surface area (Å²) in [6.45, 7) is -0.262. The van der Waals surface area contributed by atoms with Crippen LogP contribution in [0.25, 0.3) is 22.2 Å². The Kier molecular flexibility index (Phi) is 3.96. The third kappa shape index (κ3) is 2.83. The molecule has 0 spiro atoms. The first-order valence-corrected chi connectivity index (χ1v) is 7.82. The topological polar surface area (TPSA) is 60.7 Å². The minimum atomic E-state index is -0.734. The van der Waals surface area contributed by atoms with Gasteiger partial charge in [0.2, 0.25) is 0 Å². The first-order valence-electron chi connectivity index (χ1n) is 7.82. The Morgan fingerprint density at radius 1 is 0.962 bits per heavy atom. The molecule has 4 aromatic rings. The maximum atomic E-state index is 14.5. The number of pyridine rings is 2. The van der Waals surface area contributed by atoms with Crippen LogP contribution in [0.5, 0.6) is 0 Å². The molecule has 7 heteroatoms. The molecule has 0 atom stereocenters. The predicted molar refractivity (Wildman–Crippen MR) is 92.5 cm³/mol. The number of benzene rings is 1. The molecule has 1 aromatic carbocycles. The van der Waals surface area contributed by atoms with Crippen molar-refractivity contribution in [2.75, 3.05) is 0 Å². The molecule has 0 unspecified atom stereocenters. The summed E-state index contributed by atoms with van der Waals surface area (Å²) in [5.41, 5.74) is 0.669. The highest BCUT2D eigenvalue weighted by Crippen LogP contribution is 2.24. The number of hydrogen-bond donors (Lipinski definition) is 0. The van der Waals surface area contributed by atoms with E-state index < -0.39 is 17.2 Å². The largest absolute Gasteiger partial charge is 0.294 e. The van der Waals surface area contributed by atoms with E-state index in [0.717, 1.165) is 4.57 Å². The van der Waals surface area contributed by atoms with Gasteiger partial charge in [-0.2, -0.15) is 0 Å². The van der Waals surface area contributed by atoms with Gasteiger partial charge >= 0.3 is 0 Å². The molecule has 0 bridgehead atoms. The third-order valence-corrected chi connectivity index (χ3v) is 4.06. The van der Waals surface area contributed by atoms with Gasteiger partial charge in [-0.15, -0.1) is 0 Å². The van der Waals surface area contributed by atoms with Crippen LogP contribution in [0.3, 0.4) is 0 Å². The van der Waals surface area contributed by atoms with E-state index in [0.29, 0.717) is 22.2 Å². The average Bonchev–Trinajstić information content (AvgIpc) is 2.67. The van der Waals surface area contributed by atoms with Crippen molar-refractivity contribution in [3.63, 3.8) is 0 Å². The van der Waals surface area contributed by atoms with E-state index in [-0.39, 0.29) is 12.1 Å². The SMILES string of the molecule is O=c1c2cccnc2ncn1Cc1c(F)cc(-c2cccnc2)cc1F. The van der Waals surface area contributed by atoms with Crippen molar-refractivity contribution in [3.05, 3.63) is 88.9 Å². The molecule has 0 fully saturated rings. The van der Waals surface area contributed by atoms with E-state index in [1.165, 1.54) is 30.9 Å². The van der Waals surface area contributed by atoms with Crippen LogP contribution in [0.15, 0.2) is 66.1 Å². The molecule has 0 aliphatic heterocycles. The zero-order chi connectivity index (χ0) is 18.1. The number of fused-ring (bicyclic) bond motifs is 1. The number of nitrogens with zero attached hydrogens (tertiary/aromatic N) is 4. The summed E-state index contributed by atoms with van der Waals surface area (Å²) in [4.78, 5) is 24.5. The molecule has 128 valence electrons. The Hall–Kier alpha value is -3.48. The van der Waals surface area contributed by atoms with Crippen molar-refractivity contribution in [2.45, 2.75) is 6.54 Å². The van der Waals surface area contributed by atoms with Gasteiger partial charge in [0.05, 0.1) is 11.9 Å². The number of hydrogen-bond acceptors (Lipinski definition) is 4. The van der Waals surface area contributed by atoms with Gasteiger partial charge in [0.1, 0.15) is 18.0 Å². The van der Waals surface area contributed by atoms with Gasteiger partial charge in [0.15, 0.2) is 5.65 Å².